The fourth-order valence-corrected chi connectivity index (χ4v) is 4.43. The number of nitrogens with one attached hydrogen (secondary N) is 4. The molecule has 2 aromatic rings. The molecule has 12 nitrogen and oxygen atoms in total. The highest BCUT2D eigenvalue weighted by atomic mass is 32.2. The number of aryl methyl sites for hydroxylation is 1. The Hall–Kier alpha value is -3.97. The number of hydrogen-bond donors (Lipinski definition) is 6. The number of carbonyl (C=O) groups excluding carboxylic acids is 3. The van der Waals surface area contributed by atoms with Crippen molar-refractivity contribution in [3.63, 3.8) is 0 Å². The molecule has 0 unspecified atom stereocenters. The van der Waals surface area contributed by atoms with Crippen LogP contribution < -0.4 is 26.4 Å². The molecule has 0 atom stereocenters. The molecule has 0 bridgehead atoms. The number of nitrogens with two attached hydrogens (primary N) is 1. The molecule has 0 aliphatic rings. The molecule has 13 heteroatoms. The first kappa shape index (κ1) is 30.3. The number of benzene rings is 2. The summed E-state index contributed by atoms with van der Waals surface area (Å²) in [5.41, 5.74) is 7.35. The van der Waals surface area contributed by atoms with Gasteiger partial charge in [0.2, 0.25) is 17.7 Å². The van der Waals surface area contributed by atoms with Gasteiger partial charge in [0, 0.05) is 31.6 Å². The van der Waals surface area contributed by atoms with Gasteiger partial charge >= 0.3 is 6.09 Å². The normalized spacial score (nSPS) is 10.9. The highest BCUT2D eigenvalue weighted by Crippen LogP contribution is 2.17. The minimum absolute atomic E-state index is 0.0482. The number of para-hydroxylation sites is 1. The third kappa shape index (κ3) is 11.0. The Morgan fingerprint density at radius 2 is 1.53 bits per heavy atom. The molecule has 38 heavy (non-hydrogen) atoms. The first-order valence-electron chi connectivity index (χ1n) is 12.1. The molecule has 7 N–H and O–H groups in total. The predicted octanol–water partition coefficient (Wildman–Crippen LogP) is 1.47. The summed E-state index contributed by atoms with van der Waals surface area (Å²) in [5, 5.41) is 16.0. The summed E-state index contributed by atoms with van der Waals surface area (Å²) in [6, 6.07) is 12.7. The Bertz CT molecular complexity index is 1220. The predicted molar refractivity (Wildman–Crippen MR) is 141 cm³/mol. The quantitative estimate of drug-likeness (QED) is 0.180. The lowest BCUT2D eigenvalue weighted by Crippen LogP contribution is -2.33. The van der Waals surface area contributed by atoms with E-state index in [2.05, 4.69) is 16.0 Å². The van der Waals surface area contributed by atoms with Gasteiger partial charge in [-0.2, -0.15) is 0 Å². The molecule has 0 fully saturated rings. The zero-order valence-corrected chi connectivity index (χ0v) is 21.7. The van der Waals surface area contributed by atoms with Crippen LogP contribution in [0.15, 0.2) is 53.4 Å². The van der Waals surface area contributed by atoms with Crippen molar-refractivity contribution in [2.75, 3.05) is 18.4 Å². The van der Waals surface area contributed by atoms with E-state index >= 15 is 0 Å². The number of sulfonamides is 1. The van der Waals surface area contributed by atoms with Crippen molar-refractivity contribution < 1.29 is 32.7 Å². The van der Waals surface area contributed by atoms with Gasteiger partial charge in [-0.05, 0) is 48.6 Å². The van der Waals surface area contributed by atoms with Crippen molar-refractivity contribution in [1.29, 1.82) is 0 Å². The molecule has 0 spiro atoms. The topological polar surface area (TPSA) is 197 Å². The Morgan fingerprint density at radius 1 is 0.816 bits per heavy atom. The fourth-order valence-electron chi connectivity index (χ4n) is 3.42. The standard InChI is InChI=1S/C25H33N5O7S/c26-16-18-9-12-20(13-10-18)38(36,37)30-23(32)14-11-19-6-3-4-7-21(19)29-24(33)17-28-22(31)8-2-1-5-15-27-25(34)35/h3-4,6-7,9-10,12-13,27H,1-2,5,8,11,14-17,26H2,(H,28,31)(H,29,33)(H,30,32)(H,34,35). The second-order valence-electron chi connectivity index (χ2n) is 8.40. The van der Waals surface area contributed by atoms with Crippen molar-refractivity contribution in [3.8, 4) is 0 Å². The van der Waals surface area contributed by atoms with Crippen molar-refractivity contribution in [2.45, 2.75) is 50.0 Å². The summed E-state index contributed by atoms with van der Waals surface area (Å²) in [6.07, 6.45) is 1.02. The lowest BCUT2D eigenvalue weighted by Gasteiger charge is -2.12. The van der Waals surface area contributed by atoms with Crippen LogP contribution >= 0.6 is 0 Å². The smallest absolute Gasteiger partial charge is 0.404 e. The van der Waals surface area contributed by atoms with Crippen LogP contribution in [0.1, 0.15) is 43.2 Å². The minimum atomic E-state index is -4.03. The van der Waals surface area contributed by atoms with Gasteiger partial charge in [0.15, 0.2) is 0 Å². The number of carboxylic acid groups (broad SMARTS) is 1. The Kier molecular flexibility index (Phi) is 12.2. The van der Waals surface area contributed by atoms with E-state index in [1.807, 2.05) is 4.72 Å². The maximum Gasteiger partial charge on any atom is 0.404 e. The molecule has 206 valence electrons. The Labute approximate surface area is 221 Å². The van der Waals surface area contributed by atoms with Crippen LogP contribution in [-0.2, 0) is 37.4 Å². The maximum atomic E-state index is 12.5. The third-order valence-electron chi connectivity index (χ3n) is 5.43. The van der Waals surface area contributed by atoms with Crippen LogP contribution in [-0.4, -0.2) is 50.4 Å². The zero-order chi connectivity index (χ0) is 28.0. The molecule has 0 heterocycles. The monoisotopic (exact) mass is 547 g/mol. The van der Waals surface area contributed by atoms with E-state index < -0.39 is 27.9 Å². The molecule has 0 aliphatic carbocycles. The molecule has 2 rings (SSSR count). The van der Waals surface area contributed by atoms with E-state index in [-0.39, 0.29) is 43.2 Å². The molecule has 2 aromatic carbocycles. The van der Waals surface area contributed by atoms with Crippen LogP contribution in [0, 0.1) is 0 Å². The van der Waals surface area contributed by atoms with Crippen LogP contribution in [0.4, 0.5) is 10.5 Å². The van der Waals surface area contributed by atoms with Gasteiger partial charge in [-0.25, -0.2) is 17.9 Å². The number of hydrogen-bond acceptors (Lipinski definition) is 7. The van der Waals surface area contributed by atoms with E-state index in [0.29, 0.717) is 37.1 Å². The van der Waals surface area contributed by atoms with E-state index in [1.165, 1.54) is 12.1 Å². The molecule has 0 aromatic heterocycles. The first-order valence-corrected chi connectivity index (χ1v) is 13.5. The molecule has 0 saturated heterocycles. The van der Waals surface area contributed by atoms with Gasteiger partial charge in [0.05, 0.1) is 11.4 Å². The maximum absolute atomic E-state index is 12.5. The van der Waals surface area contributed by atoms with Gasteiger partial charge in [0.1, 0.15) is 0 Å². The molecule has 0 aliphatic heterocycles. The average molecular weight is 548 g/mol. The molecule has 4 amide bonds. The summed E-state index contributed by atoms with van der Waals surface area (Å²) in [7, 11) is -4.03. The number of rotatable bonds is 15. The van der Waals surface area contributed by atoms with Crippen molar-refractivity contribution in [2.24, 2.45) is 5.73 Å². The zero-order valence-electron chi connectivity index (χ0n) is 20.9. The first-order chi connectivity index (χ1) is 18.1. The van der Waals surface area contributed by atoms with Gasteiger partial charge in [0.25, 0.3) is 10.0 Å². The van der Waals surface area contributed by atoms with Crippen LogP contribution in [0.3, 0.4) is 0 Å². The summed E-state index contributed by atoms with van der Waals surface area (Å²) in [4.78, 5) is 46.9. The lowest BCUT2D eigenvalue weighted by atomic mass is 10.1. The molecule has 0 radical (unpaired) electrons. The fraction of sp³-hybridized carbons (Fsp3) is 0.360. The number of anilines is 1. The van der Waals surface area contributed by atoms with Gasteiger partial charge in [-0.3, -0.25) is 14.4 Å². The minimum Gasteiger partial charge on any atom is -0.465 e. The van der Waals surface area contributed by atoms with Gasteiger partial charge < -0.3 is 26.8 Å². The van der Waals surface area contributed by atoms with E-state index in [0.717, 1.165) is 5.56 Å². The highest BCUT2D eigenvalue weighted by Gasteiger charge is 2.18. The lowest BCUT2D eigenvalue weighted by molar-refractivity contribution is -0.124. The molecular weight excluding hydrogens is 514 g/mol. The van der Waals surface area contributed by atoms with Gasteiger partial charge in [-0.15, -0.1) is 0 Å². The second-order valence-corrected chi connectivity index (χ2v) is 10.1. The van der Waals surface area contributed by atoms with E-state index in [4.69, 9.17) is 10.8 Å². The largest absolute Gasteiger partial charge is 0.465 e. The summed E-state index contributed by atoms with van der Waals surface area (Å²) >= 11 is 0. The van der Waals surface area contributed by atoms with Crippen LogP contribution in [0.2, 0.25) is 0 Å². The SMILES string of the molecule is NCc1ccc(S(=O)(=O)NC(=O)CCc2ccccc2NC(=O)CNC(=O)CCCCCNC(=O)O)cc1. The number of amides is 4. The number of unbranched alkanes of at least 4 members (excludes halogenated alkanes) is 2. The summed E-state index contributed by atoms with van der Waals surface area (Å²) in [5.74, 6) is -1.44. The van der Waals surface area contributed by atoms with Crippen molar-refractivity contribution >= 4 is 39.5 Å². The number of carbonyl (C=O) groups is 4. The van der Waals surface area contributed by atoms with Gasteiger partial charge in [-0.1, -0.05) is 36.8 Å². The Morgan fingerprint density at radius 3 is 2.21 bits per heavy atom. The van der Waals surface area contributed by atoms with E-state index in [1.54, 1.807) is 36.4 Å². The second kappa shape index (κ2) is 15.3. The Balaban J connectivity index is 1.78. The van der Waals surface area contributed by atoms with Crippen molar-refractivity contribution in [3.05, 3.63) is 59.7 Å². The van der Waals surface area contributed by atoms with Crippen LogP contribution in [0.5, 0.6) is 0 Å². The van der Waals surface area contributed by atoms with Crippen LogP contribution in [0.25, 0.3) is 0 Å². The third-order valence-corrected chi connectivity index (χ3v) is 6.82. The summed E-state index contributed by atoms with van der Waals surface area (Å²) < 4.78 is 26.9. The van der Waals surface area contributed by atoms with E-state index in [9.17, 15) is 27.6 Å². The average Bonchev–Trinajstić information content (AvgIpc) is 2.88. The molecular formula is C25H33N5O7S. The molecule has 0 saturated carbocycles. The summed E-state index contributed by atoms with van der Waals surface area (Å²) in [6.45, 7) is 0.347. The highest BCUT2D eigenvalue weighted by molar-refractivity contribution is 7.90. The van der Waals surface area contributed by atoms with Crippen molar-refractivity contribution in [1.82, 2.24) is 15.4 Å².